The predicted molar refractivity (Wildman–Crippen MR) is 65.7 cm³/mol. The van der Waals surface area contributed by atoms with Gasteiger partial charge in [0.1, 0.15) is 0 Å². The Morgan fingerprint density at radius 3 is 2.13 bits per heavy atom. The molecule has 0 amide bonds. The highest BCUT2D eigenvalue weighted by Crippen LogP contribution is 2.26. The number of benzene rings is 2. The van der Waals surface area contributed by atoms with E-state index in [4.69, 9.17) is 0 Å². The third-order valence-corrected chi connectivity index (χ3v) is 2.71. The summed E-state index contributed by atoms with van der Waals surface area (Å²) in [5.41, 5.74) is 5.03. The molecule has 0 bridgehead atoms. The second-order valence-electron chi connectivity index (χ2n) is 3.67. The van der Waals surface area contributed by atoms with E-state index < -0.39 is 0 Å². The van der Waals surface area contributed by atoms with Crippen molar-refractivity contribution in [1.29, 1.82) is 0 Å². The molecule has 2 aromatic carbocycles. The fourth-order valence-electron chi connectivity index (χ4n) is 1.87. The van der Waals surface area contributed by atoms with Crippen LogP contribution in [0.3, 0.4) is 0 Å². The van der Waals surface area contributed by atoms with E-state index in [9.17, 15) is 0 Å². The molecule has 0 nitrogen and oxygen atoms in total. The summed E-state index contributed by atoms with van der Waals surface area (Å²) in [5, 5.41) is 0. The molecule has 0 fully saturated rings. The number of hydrogen-bond donors (Lipinski definition) is 0. The Morgan fingerprint density at radius 2 is 1.47 bits per heavy atom. The van der Waals surface area contributed by atoms with Crippen LogP contribution in [0.4, 0.5) is 0 Å². The topological polar surface area (TPSA) is 0 Å². The van der Waals surface area contributed by atoms with Crippen LogP contribution in [0.1, 0.15) is 18.1 Å². The van der Waals surface area contributed by atoms with Crippen molar-refractivity contribution in [2.45, 2.75) is 13.3 Å². The molecule has 0 aliphatic rings. The van der Waals surface area contributed by atoms with Gasteiger partial charge in [-0.25, -0.2) is 0 Å². The van der Waals surface area contributed by atoms with Crippen LogP contribution in [-0.2, 0) is 6.42 Å². The molecule has 1 radical (unpaired) electrons. The molecule has 0 unspecified atom stereocenters. The third kappa shape index (κ3) is 1.94. The molecular weight excluding hydrogens is 180 g/mol. The van der Waals surface area contributed by atoms with Crippen molar-refractivity contribution in [2.24, 2.45) is 0 Å². The fraction of sp³-hybridized carbons (Fsp3) is 0.133. The van der Waals surface area contributed by atoms with Gasteiger partial charge in [-0.3, -0.25) is 0 Å². The first-order chi connectivity index (χ1) is 7.33. The first-order valence-electron chi connectivity index (χ1n) is 5.32. The summed E-state index contributed by atoms with van der Waals surface area (Å²) in [6.45, 7) is 6.26. The SMILES string of the molecule is [CH2]c1ccccc1-c1ccccc1CC. The normalized spacial score (nSPS) is 10.3. The minimum Gasteiger partial charge on any atom is -0.0620 e. The molecule has 0 saturated carbocycles. The summed E-state index contributed by atoms with van der Waals surface area (Å²) in [6, 6.07) is 16.8. The van der Waals surface area contributed by atoms with Gasteiger partial charge in [0.05, 0.1) is 0 Å². The molecule has 0 spiro atoms. The largest absolute Gasteiger partial charge is 0.0620 e. The molecule has 75 valence electrons. The van der Waals surface area contributed by atoms with Gasteiger partial charge in [0.2, 0.25) is 0 Å². The number of rotatable bonds is 2. The Labute approximate surface area is 91.6 Å². The van der Waals surface area contributed by atoms with Crippen LogP contribution in [0.2, 0.25) is 0 Å². The summed E-state index contributed by atoms with van der Waals surface area (Å²) >= 11 is 0. The molecular formula is C15H15. The number of hydrogen-bond acceptors (Lipinski definition) is 0. The van der Waals surface area contributed by atoms with Crippen molar-refractivity contribution >= 4 is 0 Å². The second kappa shape index (κ2) is 4.31. The van der Waals surface area contributed by atoms with E-state index in [-0.39, 0.29) is 0 Å². The Kier molecular flexibility index (Phi) is 2.86. The highest BCUT2D eigenvalue weighted by atomic mass is 14.1. The molecule has 0 saturated heterocycles. The smallest absolute Gasteiger partial charge is 0.0149 e. The molecule has 0 atom stereocenters. The summed E-state index contributed by atoms with van der Waals surface area (Å²) in [5.74, 6) is 0. The Hall–Kier alpha value is -1.56. The zero-order valence-corrected chi connectivity index (χ0v) is 9.03. The lowest BCUT2D eigenvalue weighted by Gasteiger charge is -2.10. The molecule has 2 rings (SSSR count). The zero-order chi connectivity index (χ0) is 10.7. The minimum absolute atomic E-state index is 1.06. The molecule has 2 aromatic rings. The van der Waals surface area contributed by atoms with E-state index in [1.54, 1.807) is 0 Å². The number of aryl methyl sites for hydroxylation is 1. The van der Waals surface area contributed by atoms with Crippen molar-refractivity contribution < 1.29 is 0 Å². The monoisotopic (exact) mass is 195 g/mol. The zero-order valence-electron chi connectivity index (χ0n) is 9.03. The van der Waals surface area contributed by atoms with Gasteiger partial charge in [0.25, 0.3) is 0 Å². The van der Waals surface area contributed by atoms with Gasteiger partial charge in [-0.2, -0.15) is 0 Å². The van der Waals surface area contributed by atoms with E-state index >= 15 is 0 Å². The molecule has 0 aliphatic heterocycles. The molecule has 0 aliphatic carbocycles. The van der Waals surface area contributed by atoms with Crippen molar-refractivity contribution in [1.82, 2.24) is 0 Å². The fourth-order valence-corrected chi connectivity index (χ4v) is 1.87. The lowest BCUT2D eigenvalue weighted by atomic mass is 9.95. The molecule has 0 heterocycles. The summed E-state index contributed by atoms with van der Waals surface area (Å²) in [6.07, 6.45) is 1.06. The Balaban J connectivity index is 2.59. The van der Waals surface area contributed by atoms with Crippen molar-refractivity contribution in [3.8, 4) is 11.1 Å². The van der Waals surface area contributed by atoms with E-state index in [1.165, 1.54) is 16.7 Å². The standard InChI is InChI=1S/C15H15/c1-3-13-9-5-7-11-15(13)14-10-6-4-8-12(14)2/h4-11H,2-3H2,1H3. The predicted octanol–water partition coefficient (Wildman–Crippen LogP) is 4.10. The first kappa shape index (κ1) is 9.97. The first-order valence-corrected chi connectivity index (χ1v) is 5.32. The lowest BCUT2D eigenvalue weighted by Crippen LogP contribution is -1.89. The molecule has 0 aromatic heterocycles. The van der Waals surface area contributed by atoms with Crippen LogP contribution in [0.5, 0.6) is 0 Å². The molecule has 15 heavy (non-hydrogen) atoms. The third-order valence-electron chi connectivity index (χ3n) is 2.71. The molecule has 0 N–H and O–H groups in total. The van der Waals surface area contributed by atoms with Gasteiger partial charge < -0.3 is 0 Å². The van der Waals surface area contributed by atoms with Gasteiger partial charge in [-0.15, -0.1) is 0 Å². The highest BCUT2D eigenvalue weighted by Gasteiger charge is 2.04. The van der Waals surface area contributed by atoms with E-state index in [1.807, 2.05) is 6.07 Å². The highest BCUT2D eigenvalue weighted by molar-refractivity contribution is 5.71. The van der Waals surface area contributed by atoms with E-state index in [2.05, 4.69) is 56.3 Å². The van der Waals surface area contributed by atoms with Gasteiger partial charge in [-0.05, 0) is 35.6 Å². The molecule has 0 heteroatoms. The Morgan fingerprint density at radius 1 is 0.867 bits per heavy atom. The van der Waals surface area contributed by atoms with Crippen LogP contribution in [0.15, 0.2) is 48.5 Å². The van der Waals surface area contributed by atoms with E-state index in [0.29, 0.717) is 0 Å². The average Bonchev–Trinajstić information content (AvgIpc) is 2.30. The van der Waals surface area contributed by atoms with Gasteiger partial charge in [-0.1, -0.05) is 55.5 Å². The van der Waals surface area contributed by atoms with Crippen molar-refractivity contribution in [3.63, 3.8) is 0 Å². The van der Waals surface area contributed by atoms with Gasteiger partial charge in [0, 0.05) is 0 Å². The lowest BCUT2D eigenvalue weighted by molar-refractivity contribution is 1.14. The maximum atomic E-state index is 4.07. The Bertz CT molecular complexity index is 455. The van der Waals surface area contributed by atoms with Crippen molar-refractivity contribution in [2.75, 3.05) is 0 Å². The van der Waals surface area contributed by atoms with Crippen LogP contribution in [-0.4, -0.2) is 0 Å². The summed E-state index contributed by atoms with van der Waals surface area (Å²) < 4.78 is 0. The maximum absolute atomic E-state index is 4.07. The van der Waals surface area contributed by atoms with Crippen LogP contribution in [0, 0.1) is 6.92 Å². The van der Waals surface area contributed by atoms with Crippen LogP contribution < -0.4 is 0 Å². The minimum atomic E-state index is 1.06. The summed E-state index contributed by atoms with van der Waals surface area (Å²) in [4.78, 5) is 0. The average molecular weight is 195 g/mol. The van der Waals surface area contributed by atoms with Crippen LogP contribution in [0.25, 0.3) is 11.1 Å². The van der Waals surface area contributed by atoms with Crippen molar-refractivity contribution in [3.05, 3.63) is 66.6 Å². The van der Waals surface area contributed by atoms with Gasteiger partial charge >= 0.3 is 0 Å². The quantitative estimate of drug-likeness (QED) is 0.676. The van der Waals surface area contributed by atoms with Gasteiger partial charge in [0.15, 0.2) is 0 Å². The van der Waals surface area contributed by atoms with Crippen LogP contribution >= 0.6 is 0 Å². The second-order valence-corrected chi connectivity index (χ2v) is 3.67. The summed E-state index contributed by atoms with van der Waals surface area (Å²) in [7, 11) is 0. The maximum Gasteiger partial charge on any atom is -0.0149 e. The van der Waals surface area contributed by atoms with E-state index in [0.717, 1.165) is 12.0 Å².